The number of hydrogen-bond donors (Lipinski definition) is 1. The van der Waals surface area contributed by atoms with Gasteiger partial charge in [0.2, 0.25) is 11.8 Å². The molecule has 0 spiro atoms. The molecule has 2 amide bonds. The molecule has 2 aliphatic heterocycles. The molecule has 8 rings (SSSR count). The number of ether oxygens (including phenoxy) is 5. The molecule has 2 aliphatic rings. The fraction of sp³-hybridized carbons (Fsp3) is 0.294. The summed E-state index contributed by atoms with van der Waals surface area (Å²) in [5, 5.41) is 8.96. The first-order valence-corrected chi connectivity index (χ1v) is 21.8. The highest BCUT2D eigenvalue weighted by molar-refractivity contribution is 5.70. The van der Waals surface area contributed by atoms with Crippen LogP contribution in [0.2, 0.25) is 0 Å². The van der Waals surface area contributed by atoms with Crippen molar-refractivity contribution in [3.8, 4) is 40.5 Å². The number of alkyl halides is 3. The number of amides is 2. The molecular weight excluding hydrogens is 854 g/mol. The molecule has 66 heavy (non-hydrogen) atoms. The largest absolute Gasteiger partial charge is 0.493 e. The van der Waals surface area contributed by atoms with Crippen molar-refractivity contribution in [3.05, 3.63) is 162 Å². The molecule has 0 atom stereocenters. The first-order valence-electron chi connectivity index (χ1n) is 21.8. The van der Waals surface area contributed by atoms with Crippen LogP contribution in [0.1, 0.15) is 47.9 Å². The maximum Gasteiger partial charge on any atom is 0.416 e. The lowest BCUT2D eigenvalue weighted by Gasteiger charge is -2.31. The van der Waals surface area contributed by atoms with Gasteiger partial charge in [-0.15, -0.1) is 0 Å². The second-order valence-corrected chi connectivity index (χ2v) is 16.1. The predicted octanol–water partition coefficient (Wildman–Crippen LogP) is 11.7. The Morgan fingerprint density at radius 3 is 1.56 bits per heavy atom. The number of halogens is 3. The van der Waals surface area contributed by atoms with Crippen molar-refractivity contribution in [3.63, 3.8) is 0 Å². The topological polar surface area (TPSA) is 133 Å². The van der Waals surface area contributed by atoms with Crippen LogP contribution < -0.4 is 23.7 Å². The van der Waals surface area contributed by atoms with Crippen molar-refractivity contribution in [1.82, 2.24) is 19.8 Å². The maximum absolute atomic E-state index is 12.8. The SMILES string of the molecule is Cc1ccc(Oc2ccc(OCC3CCN(C(=O)O)CC3)cc2)nc1.O=C(Oc1ccc(Cc2ccc(C(F)(F)F)cc2)cc1)N1CCC(COc2ccc(Oc3ccccn3)cc2)CC1. The van der Waals surface area contributed by atoms with Gasteiger partial charge in [-0.1, -0.05) is 36.4 Å². The van der Waals surface area contributed by atoms with Crippen molar-refractivity contribution in [2.75, 3.05) is 39.4 Å². The Labute approximate surface area is 381 Å². The lowest BCUT2D eigenvalue weighted by molar-refractivity contribution is -0.137. The summed E-state index contributed by atoms with van der Waals surface area (Å²) in [6, 6.07) is 36.2. The predicted molar refractivity (Wildman–Crippen MR) is 241 cm³/mol. The molecule has 0 bridgehead atoms. The molecule has 2 fully saturated rings. The smallest absolute Gasteiger partial charge is 0.416 e. The number of carbonyl (C=O) groups is 2. The van der Waals surface area contributed by atoms with Crippen molar-refractivity contribution in [2.24, 2.45) is 11.8 Å². The summed E-state index contributed by atoms with van der Waals surface area (Å²) in [5.41, 5.74) is 2.09. The van der Waals surface area contributed by atoms with E-state index in [9.17, 15) is 22.8 Å². The number of nitrogens with zero attached hydrogens (tertiary/aromatic N) is 4. The van der Waals surface area contributed by atoms with E-state index in [1.165, 1.54) is 17.0 Å². The number of carbonyl (C=O) groups excluding carboxylic acids is 1. The van der Waals surface area contributed by atoms with Crippen LogP contribution in [0.5, 0.6) is 40.5 Å². The Balaban J connectivity index is 0.000000221. The molecule has 0 unspecified atom stereocenters. The van der Waals surface area contributed by atoms with E-state index in [4.69, 9.17) is 28.8 Å². The fourth-order valence-corrected chi connectivity index (χ4v) is 7.26. The number of pyridine rings is 2. The molecule has 4 heterocycles. The third kappa shape index (κ3) is 14.4. The highest BCUT2D eigenvalue weighted by Crippen LogP contribution is 2.30. The number of aryl methyl sites for hydroxylation is 1. The van der Waals surface area contributed by atoms with Crippen LogP contribution in [0.25, 0.3) is 0 Å². The van der Waals surface area contributed by atoms with Gasteiger partial charge in [-0.2, -0.15) is 13.2 Å². The molecule has 1 N–H and O–H groups in total. The van der Waals surface area contributed by atoms with Crippen LogP contribution in [0.15, 0.2) is 140 Å². The van der Waals surface area contributed by atoms with Crippen molar-refractivity contribution in [2.45, 2.75) is 45.2 Å². The average Bonchev–Trinajstić information content (AvgIpc) is 3.33. The molecular formula is C51H51F3N4O8. The van der Waals surface area contributed by atoms with E-state index in [2.05, 4.69) is 9.97 Å². The third-order valence-corrected chi connectivity index (χ3v) is 11.2. The van der Waals surface area contributed by atoms with Gasteiger partial charge < -0.3 is 38.6 Å². The van der Waals surface area contributed by atoms with Crippen molar-refractivity contribution >= 4 is 12.2 Å². The highest BCUT2D eigenvalue weighted by Gasteiger charge is 2.30. The zero-order valence-corrected chi connectivity index (χ0v) is 36.4. The van der Waals surface area contributed by atoms with Gasteiger partial charge in [0.1, 0.15) is 28.7 Å². The Morgan fingerprint density at radius 2 is 1.09 bits per heavy atom. The number of carboxylic acid groups (broad SMARTS) is 1. The summed E-state index contributed by atoms with van der Waals surface area (Å²) in [4.78, 5) is 35.1. The molecule has 2 saturated heterocycles. The van der Waals surface area contributed by atoms with E-state index in [1.54, 1.807) is 47.6 Å². The fourth-order valence-electron chi connectivity index (χ4n) is 7.26. The molecule has 0 aliphatic carbocycles. The van der Waals surface area contributed by atoms with Crippen LogP contribution >= 0.6 is 0 Å². The number of benzene rings is 4. The van der Waals surface area contributed by atoms with Crippen molar-refractivity contribution < 1.29 is 51.6 Å². The molecule has 0 saturated carbocycles. The first kappa shape index (κ1) is 46.7. The third-order valence-electron chi connectivity index (χ3n) is 11.2. The maximum atomic E-state index is 12.8. The number of aromatic nitrogens is 2. The van der Waals surface area contributed by atoms with Gasteiger partial charge in [0.15, 0.2) is 0 Å². The zero-order valence-electron chi connectivity index (χ0n) is 36.4. The van der Waals surface area contributed by atoms with Crippen LogP contribution in [0, 0.1) is 18.8 Å². The molecule has 344 valence electrons. The lowest BCUT2D eigenvalue weighted by atomic mass is 9.98. The number of likely N-dealkylation sites (tertiary alicyclic amines) is 2. The van der Waals surface area contributed by atoms with E-state index < -0.39 is 23.9 Å². The average molecular weight is 905 g/mol. The first-order chi connectivity index (χ1) is 31.9. The molecule has 2 aromatic heterocycles. The molecule has 6 aromatic rings. The van der Waals surface area contributed by atoms with Crippen LogP contribution in [0.3, 0.4) is 0 Å². The second kappa shape index (κ2) is 22.6. The minimum atomic E-state index is -4.35. The summed E-state index contributed by atoms with van der Waals surface area (Å²) < 4.78 is 67.0. The van der Waals surface area contributed by atoms with E-state index in [-0.39, 0.29) is 0 Å². The number of rotatable bonds is 13. The van der Waals surface area contributed by atoms with Gasteiger partial charge in [0.25, 0.3) is 0 Å². The summed E-state index contributed by atoms with van der Waals surface area (Å²) >= 11 is 0. The van der Waals surface area contributed by atoms with Gasteiger partial charge in [0.05, 0.1) is 18.8 Å². The van der Waals surface area contributed by atoms with Gasteiger partial charge in [-0.3, -0.25) is 0 Å². The standard InChI is InChI=1S/C32H29F3N2O4.C19H22N2O4/c33-32(34,35)26-8-4-23(5-9-26)21-24-6-10-29(11-7-24)41-31(38)37-19-16-25(17-20-37)22-39-27-12-14-28(15-13-27)40-30-3-1-2-18-36-30;1-14-2-7-18(20-12-14)25-17-5-3-16(4-6-17)24-13-15-8-10-21(11-9-15)19(22)23/h1-15,18,25H,16-17,19-22H2;2-7,12,15H,8-11,13H2,1H3,(H,22,23). The van der Waals surface area contributed by atoms with E-state index in [1.807, 2.05) is 79.7 Å². The quantitative estimate of drug-likeness (QED) is 0.119. The highest BCUT2D eigenvalue weighted by atomic mass is 19.4. The minimum Gasteiger partial charge on any atom is -0.493 e. The summed E-state index contributed by atoms with van der Waals surface area (Å²) in [7, 11) is 0. The van der Waals surface area contributed by atoms with E-state index in [0.717, 1.165) is 66.0 Å². The van der Waals surface area contributed by atoms with Gasteiger partial charge in [0, 0.05) is 50.7 Å². The van der Waals surface area contributed by atoms with Crippen LogP contribution in [-0.4, -0.2) is 76.5 Å². The van der Waals surface area contributed by atoms with Crippen LogP contribution in [-0.2, 0) is 12.6 Å². The summed E-state index contributed by atoms with van der Waals surface area (Å²) in [6.45, 7) is 5.47. The monoisotopic (exact) mass is 904 g/mol. The molecule has 15 heteroatoms. The number of piperidine rings is 2. The Hall–Kier alpha value is -7.29. The van der Waals surface area contributed by atoms with Gasteiger partial charge in [-0.25, -0.2) is 19.6 Å². The second-order valence-electron chi connectivity index (χ2n) is 16.1. The normalized spacial score (nSPS) is 14.4. The van der Waals surface area contributed by atoms with Gasteiger partial charge >= 0.3 is 18.4 Å². The van der Waals surface area contributed by atoms with Crippen LogP contribution in [0.4, 0.5) is 22.8 Å². The molecule has 4 aromatic carbocycles. The number of hydrogen-bond acceptors (Lipinski definition) is 9. The summed E-state index contributed by atoms with van der Waals surface area (Å²) in [6.07, 6.45) is 1.63. The van der Waals surface area contributed by atoms with E-state index in [0.29, 0.717) is 86.7 Å². The van der Waals surface area contributed by atoms with Gasteiger partial charge in [-0.05, 0) is 146 Å². The Bertz CT molecular complexity index is 2430. The Morgan fingerprint density at radius 1 is 0.606 bits per heavy atom. The lowest BCUT2D eigenvalue weighted by Crippen LogP contribution is -2.41. The summed E-state index contributed by atoms with van der Waals surface area (Å²) in [5.74, 6) is 5.15. The van der Waals surface area contributed by atoms with Crippen molar-refractivity contribution in [1.29, 1.82) is 0 Å². The Kier molecular flexibility index (Phi) is 16.0. The van der Waals surface area contributed by atoms with E-state index >= 15 is 0 Å². The molecule has 0 radical (unpaired) electrons. The zero-order chi connectivity index (χ0) is 46.3. The molecule has 12 nitrogen and oxygen atoms in total. The minimum absolute atomic E-state index is 0.327.